The van der Waals surface area contributed by atoms with Gasteiger partial charge in [0.1, 0.15) is 0 Å². The van der Waals surface area contributed by atoms with E-state index in [9.17, 15) is 4.57 Å². The second-order valence-electron chi connectivity index (χ2n) is 6.95. The van der Waals surface area contributed by atoms with Gasteiger partial charge in [-0.05, 0) is 66.6 Å². The minimum absolute atomic E-state index is 0.645. The first-order valence-corrected chi connectivity index (χ1v) is 11.4. The summed E-state index contributed by atoms with van der Waals surface area (Å²) in [5.74, 6) is 3.18. The third-order valence-corrected chi connectivity index (χ3v) is 7.05. The van der Waals surface area contributed by atoms with Crippen LogP contribution in [0.15, 0.2) is 0 Å². The first kappa shape index (κ1) is 19.3. The molecule has 3 heteroatoms. The predicted molar refractivity (Wildman–Crippen MR) is 103 cm³/mol. The van der Waals surface area contributed by atoms with E-state index in [1.165, 1.54) is 22.3 Å². The highest BCUT2D eigenvalue weighted by atomic mass is 31.2. The minimum Gasteiger partial charge on any atom is -0.372 e. The molecule has 0 aliphatic carbocycles. The molecular weight excluding hydrogens is 315 g/mol. The zero-order valence-electron chi connectivity index (χ0n) is 15.9. The number of hydrogen-bond donors (Lipinski definition) is 0. The van der Waals surface area contributed by atoms with Crippen LogP contribution in [0.5, 0.6) is 0 Å². The summed E-state index contributed by atoms with van der Waals surface area (Å²) in [6.45, 7) is 11.8. The number of hydrogen-bond acceptors (Lipinski definition) is 2. The van der Waals surface area contributed by atoms with Gasteiger partial charge in [-0.1, -0.05) is 32.6 Å². The first-order valence-electron chi connectivity index (χ1n) is 9.23. The molecule has 0 aromatic heterocycles. The van der Waals surface area contributed by atoms with Gasteiger partial charge in [0.2, 0.25) is 0 Å². The summed E-state index contributed by atoms with van der Waals surface area (Å²) in [7, 11) is -2.68. The molecule has 1 heterocycles. The molecule has 0 fully saturated rings. The molecule has 0 N–H and O–H groups in total. The largest absolute Gasteiger partial charge is 0.372 e. The maximum atomic E-state index is 13.5. The lowest BCUT2D eigenvalue weighted by Crippen LogP contribution is -2.19. The molecule has 1 aromatic carbocycles. The van der Waals surface area contributed by atoms with E-state index in [1.807, 2.05) is 6.66 Å². The van der Waals surface area contributed by atoms with Crippen molar-refractivity contribution < 1.29 is 9.30 Å². The van der Waals surface area contributed by atoms with Crippen molar-refractivity contribution in [3.63, 3.8) is 0 Å². The highest BCUT2D eigenvalue weighted by molar-refractivity contribution is 7.75. The summed E-state index contributed by atoms with van der Waals surface area (Å²) in [5, 5.41) is 1.03. The van der Waals surface area contributed by atoms with Crippen LogP contribution in [0.2, 0.25) is 0 Å². The van der Waals surface area contributed by atoms with Gasteiger partial charge in [0, 0.05) is 18.4 Å². The Kier molecular flexibility index (Phi) is 6.73. The van der Waals surface area contributed by atoms with E-state index < -0.39 is 7.14 Å². The molecule has 132 valence electrons. The van der Waals surface area contributed by atoms with Crippen molar-refractivity contribution in [1.29, 1.82) is 0 Å². The first-order chi connectivity index (χ1) is 11.4. The van der Waals surface area contributed by atoms with Crippen LogP contribution in [0.25, 0.3) is 0 Å². The Bertz CT molecular complexity index is 707. The molecule has 2 nitrogen and oxygen atoms in total. The van der Waals surface area contributed by atoms with E-state index in [-0.39, 0.29) is 0 Å². The minimum atomic E-state index is -2.68. The summed E-state index contributed by atoms with van der Waals surface area (Å²) >= 11 is 0. The molecule has 0 radical (unpaired) electrons. The molecule has 2 rings (SSSR count). The highest BCUT2D eigenvalue weighted by Crippen LogP contribution is 2.44. The average Bonchev–Trinajstić information content (AvgIpc) is 3.03. The monoisotopic (exact) mass is 346 g/mol. The number of rotatable bonds is 6. The van der Waals surface area contributed by atoms with Gasteiger partial charge < -0.3 is 9.30 Å². The Labute approximate surface area is 147 Å². The van der Waals surface area contributed by atoms with Crippen LogP contribution in [-0.2, 0) is 28.9 Å². The van der Waals surface area contributed by atoms with E-state index in [1.54, 1.807) is 0 Å². The van der Waals surface area contributed by atoms with Crippen LogP contribution in [-0.4, -0.2) is 6.66 Å². The highest BCUT2D eigenvalue weighted by Gasteiger charge is 2.29. The lowest BCUT2D eigenvalue weighted by molar-refractivity contribution is 0.134. The van der Waals surface area contributed by atoms with Crippen LogP contribution < -0.4 is 5.30 Å². The summed E-state index contributed by atoms with van der Waals surface area (Å²) in [5.41, 5.74) is 9.44. The second-order valence-corrected chi connectivity index (χ2v) is 9.47. The number of fused-ring (bicyclic) bond motifs is 1. The van der Waals surface area contributed by atoms with E-state index >= 15 is 0 Å². The Hall–Kier alpha value is -1.03. The molecule has 24 heavy (non-hydrogen) atoms. The molecule has 1 aliphatic heterocycles. The van der Waals surface area contributed by atoms with Crippen LogP contribution in [0, 0.1) is 25.4 Å². The van der Waals surface area contributed by atoms with Gasteiger partial charge in [-0.25, -0.2) is 0 Å². The maximum absolute atomic E-state index is 13.5. The fourth-order valence-electron chi connectivity index (χ4n) is 3.59. The van der Waals surface area contributed by atoms with E-state index in [2.05, 4.69) is 39.3 Å². The van der Waals surface area contributed by atoms with E-state index in [0.717, 1.165) is 49.4 Å². The quantitative estimate of drug-likeness (QED) is 0.389. The van der Waals surface area contributed by atoms with Gasteiger partial charge in [-0.15, -0.1) is 0 Å². The summed E-state index contributed by atoms with van der Waals surface area (Å²) in [4.78, 5) is 0. The lowest BCUT2D eigenvalue weighted by atomic mass is 9.92. The maximum Gasteiger partial charge on any atom is 0.180 e. The van der Waals surface area contributed by atoms with E-state index in [0.29, 0.717) is 13.2 Å². The molecule has 0 saturated carbocycles. The van der Waals surface area contributed by atoms with Crippen LogP contribution in [0.4, 0.5) is 0 Å². The zero-order valence-corrected chi connectivity index (χ0v) is 16.8. The Balaban J connectivity index is 2.56. The summed E-state index contributed by atoms with van der Waals surface area (Å²) in [6.07, 6.45) is 6.29. The number of benzene rings is 1. The smallest absolute Gasteiger partial charge is 0.180 e. The summed E-state index contributed by atoms with van der Waals surface area (Å²) < 4.78 is 19.2. The molecule has 0 amide bonds. The van der Waals surface area contributed by atoms with Gasteiger partial charge in [0.15, 0.2) is 7.14 Å². The Morgan fingerprint density at radius 1 is 1.04 bits per heavy atom. The SMILES string of the molecule is CCCCC#C[P@@](C)(=O)c1c(C)c2c(c(C)c1CCCC)COC2. The fourth-order valence-corrected chi connectivity index (χ4v) is 5.69. The van der Waals surface area contributed by atoms with Gasteiger partial charge in [-0.3, -0.25) is 0 Å². The molecule has 1 aromatic rings. The molecule has 0 spiro atoms. The van der Waals surface area contributed by atoms with Crippen LogP contribution >= 0.6 is 7.14 Å². The standard InChI is InChI=1S/C21H31O2P/c1-6-8-10-11-13-24(5,22)21-17(4)20-15-23-14-19(20)16(3)18(21)12-9-7-2/h6-10,12,14-15H2,1-5H3/t24-/m1/s1. The van der Waals surface area contributed by atoms with Crippen molar-refractivity contribution in [3.05, 3.63) is 27.8 Å². The third-order valence-electron chi connectivity index (χ3n) is 5.01. The molecule has 0 saturated heterocycles. The molecule has 1 atom stereocenters. The lowest BCUT2D eigenvalue weighted by Gasteiger charge is -2.22. The predicted octanol–water partition coefficient (Wildman–Crippen LogP) is 5.45. The third kappa shape index (κ3) is 3.96. The van der Waals surface area contributed by atoms with Crippen molar-refractivity contribution in [1.82, 2.24) is 0 Å². The normalized spacial score (nSPS) is 15.5. The van der Waals surface area contributed by atoms with E-state index in [4.69, 9.17) is 4.74 Å². The number of unbranched alkanes of at least 4 members (excludes halogenated alkanes) is 3. The van der Waals surface area contributed by atoms with Crippen LogP contribution in [0.3, 0.4) is 0 Å². The van der Waals surface area contributed by atoms with Gasteiger partial charge in [-0.2, -0.15) is 0 Å². The van der Waals surface area contributed by atoms with Gasteiger partial charge in [0.05, 0.1) is 13.2 Å². The zero-order chi connectivity index (χ0) is 17.7. The molecule has 0 bridgehead atoms. The topological polar surface area (TPSA) is 26.3 Å². The van der Waals surface area contributed by atoms with Crippen molar-refractivity contribution in [2.45, 2.75) is 79.4 Å². The fraction of sp³-hybridized carbons (Fsp3) is 0.619. The van der Waals surface area contributed by atoms with Crippen molar-refractivity contribution in [2.75, 3.05) is 6.66 Å². The van der Waals surface area contributed by atoms with Crippen molar-refractivity contribution in [3.8, 4) is 11.6 Å². The molecule has 0 unspecified atom stereocenters. The van der Waals surface area contributed by atoms with Crippen molar-refractivity contribution in [2.24, 2.45) is 0 Å². The number of ether oxygens (including phenoxy) is 1. The average molecular weight is 346 g/mol. The van der Waals surface area contributed by atoms with Crippen LogP contribution in [0.1, 0.15) is 73.8 Å². The Morgan fingerprint density at radius 2 is 1.67 bits per heavy atom. The molecule has 1 aliphatic rings. The molecular formula is C21H31O2P. The summed E-state index contributed by atoms with van der Waals surface area (Å²) in [6, 6.07) is 0. The Morgan fingerprint density at radius 3 is 2.29 bits per heavy atom. The second kappa shape index (κ2) is 8.37. The van der Waals surface area contributed by atoms with Crippen molar-refractivity contribution >= 4 is 12.4 Å². The van der Waals surface area contributed by atoms with Gasteiger partial charge >= 0.3 is 0 Å². The van der Waals surface area contributed by atoms with Gasteiger partial charge in [0.25, 0.3) is 0 Å².